The summed E-state index contributed by atoms with van der Waals surface area (Å²) < 4.78 is 0. The smallest absolute Gasteiger partial charge is 0.223 e. The van der Waals surface area contributed by atoms with Crippen molar-refractivity contribution in [1.82, 2.24) is 15.3 Å². The van der Waals surface area contributed by atoms with Gasteiger partial charge < -0.3 is 16.0 Å². The van der Waals surface area contributed by atoms with E-state index in [1.165, 1.54) is 0 Å². The minimum atomic E-state index is -0.282. The highest BCUT2D eigenvalue weighted by Crippen LogP contribution is 2.21. The normalized spacial score (nSPS) is 15.2. The van der Waals surface area contributed by atoms with Crippen LogP contribution < -0.4 is 16.0 Å². The lowest BCUT2D eigenvalue weighted by molar-refractivity contribution is -0.125. The molecule has 0 bridgehead atoms. The molecular weight excluding hydrogens is 349 g/mol. The third kappa shape index (κ3) is 6.07. The molecule has 8 heteroatoms. The van der Waals surface area contributed by atoms with Gasteiger partial charge in [0, 0.05) is 43.5 Å². The number of carbonyl (C=O) groups is 1. The summed E-state index contributed by atoms with van der Waals surface area (Å²) in [6.07, 6.45) is 8.57. The van der Waals surface area contributed by atoms with Crippen molar-refractivity contribution in [2.75, 3.05) is 24.5 Å². The Bertz CT molecular complexity index is 477. The Hall–Kier alpha value is -1.11. The second kappa shape index (κ2) is 10.7. The van der Waals surface area contributed by atoms with Gasteiger partial charge in [-0.15, -0.1) is 24.8 Å². The summed E-state index contributed by atoms with van der Waals surface area (Å²) in [5.41, 5.74) is 5.95. The van der Waals surface area contributed by atoms with Crippen molar-refractivity contribution in [1.29, 1.82) is 0 Å². The van der Waals surface area contributed by atoms with Gasteiger partial charge in [-0.05, 0) is 25.7 Å². The highest BCUT2D eigenvalue weighted by molar-refractivity contribution is 5.85. The average molecular weight is 378 g/mol. The van der Waals surface area contributed by atoms with E-state index in [0.717, 1.165) is 44.6 Å². The molecule has 2 rings (SSSR count). The predicted octanol–water partition coefficient (Wildman–Crippen LogP) is 2.17. The van der Waals surface area contributed by atoms with E-state index in [4.69, 9.17) is 5.73 Å². The number of halogens is 2. The third-order valence-electron chi connectivity index (χ3n) is 4.76. The van der Waals surface area contributed by atoms with Gasteiger partial charge in [0.1, 0.15) is 5.82 Å². The largest absolute Gasteiger partial charge is 0.355 e. The van der Waals surface area contributed by atoms with Crippen molar-refractivity contribution >= 4 is 36.5 Å². The van der Waals surface area contributed by atoms with Crippen LogP contribution in [0.4, 0.5) is 5.82 Å². The molecule has 2 heterocycles. The van der Waals surface area contributed by atoms with Gasteiger partial charge in [-0.1, -0.05) is 13.8 Å². The van der Waals surface area contributed by atoms with Gasteiger partial charge in [0.05, 0.1) is 6.20 Å². The number of anilines is 1. The van der Waals surface area contributed by atoms with Crippen LogP contribution >= 0.6 is 24.8 Å². The van der Waals surface area contributed by atoms with Crippen molar-refractivity contribution < 1.29 is 4.79 Å². The van der Waals surface area contributed by atoms with Crippen LogP contribution in [0, 0.1) is 5.92 Å². The van der Waals surface area contributed by atoms with Gasteiger partial charge in [0.25, 0.3) is 0 Å². The highest BCUT2D eigenvalue weighted by Gasteiger charge is 2.27. The summed E-state index contributed by atoms with van der Waals surface area (Å²) in [6, 6.07) is 0. The molecule has 0 spiro atoms. The SMILES string of the molecule is CCC(N)(CC)CNC(=O)C1CCN(c2cnccn2)CC1.Cl.Cl. The number of aromatic nitrogens is 2. The van der Waals surface area contributed by atoms with Crippen LogP contribution in [-0.4, -0.2) is 41.0 Å². The lowest BCUT2D eigenvalue weighted by Gasteiger charge is -2.33. The van der Waals surface area contributed by atoms with Crippen molar-refractivity contribution in [3.05, 3.63) is 18.6 Å². The number of piperidine rings is 1. The molecule has 0 unspecified atom stereocenters. The van der Waals surface area contributed by atoms with E-state index in [1.807, 2.05) is 0 Å². The molecule has 1 aromatic rings. The molecule has 1 aliphatic heterocycles. The summed E-state index contributed by atoms with van der Waals surface area (Å²) in [6.45, 7) is 6.37. The molecule has 1 aromatic heterocycles. The summed E-state index contributed by atoms with van der Waals surface area (Å²) in [5, 5.41) is 3.04. The Morgan fingerprint density at radius 3 is 2.42 bits per heavy atom. The number of nitrogens with two attached hydrogens (primary N) is 1. The number of hydrogen-bond donors (Lipinski definition) is 2. The van der Waals surface area contributed by atoms with E-state index in [2.05, 4.69) is 34.0 Å². The first-order valence-corrected chi connectivity index (χ1v) is 8.15. The molecule has 1 amide bonds. The number of nitrogens with one attached hydrogen (secondary N) is 1. The van der Waals surface area contributed by atoms with Gasteiger partial charge in [0.2, 0.25) is 5.91 Å². The maximum absolute atomic E-state index is 12.3. The fourth-order valence-electron chi connectivity index (χ4n) is 2.73. The van der Waals surface area contributed by atoms with Crippen LogP contribution in [0.25, 0.3) is 0 Å². The summed E-state index contributed by atoms with van der Waals surface area (Å²) in [7, 11) is 0. The lowest BCUT2D eigenvalue weighted by Crippen LogP contribution is -2.51. The Labute approximate surface area is 156 Å². The fraction of sp³-hybridized carbons (Fsp3) is 0.688. The Kier molecular flexibility index (Phi) is 10.2. The minimum absolute atomic E-state index is 0. The Morgan fingerprint density at radius 1 is 1.29 bits per heavy atom. The first-order chi connectivity index (χ1) is 10.6. The van der Waals surface area contributed by atoms with Crippen LogP contribution in [0.2, 0.25) is 0 Å². The van der Waals surface area contributed by atoms with Crippen LogP contribution in [0.15, 0.2) is 18.6 Å². The molecule has 0 saturated carbocycles. The fourth-order valence-corrected chi connectivity index (χ4v) is 2.73. The maximum Gasteiger partial charge on any atom is 0.223 e. The van der Waals surface area contributed by atoms with Gasteiger partial charge in [0.15, 0.2) is 0 Å². The average Bonchev–Trinajstić information content (AvgIpc) is 2.60. The molecule has 0 radical (unpaired) electrons. The van der Waals surface area contributed by atoms with Gasteiger partial charge in [-0.3, -0.25) is 9.78 Å². The van der Waals surface area contributed by atoms with Gasteiger partial charge in [-0.25, -0.2) is 4.98 Å². The van der Waals surface area contributed by atoms with E-state index in [-0.39, 0.29) is 42.2 Å². The topological polar surface area (TPSA) is 84.1 Å². The number of rotatable bonds is 6. The van der Waals surface area contributed by atoms with E-state index in [0.29, 0.717) is 6.54 Å². The number of hydrogen-bond acceptors (Lipinski definition) is 5. The van der Waals surface area contributed by atoms with Crippen molar-refractivity contribution in [3.8, 4) is 0 Å². The zero-order valence-corrected chi connectivity index (χ0v) is 16.0. The van der Waals surface area contributed by atoms with Gasteiger partial charge in [-0.2, -0.15) is 0 Å². The zero-order valence-electron chi connectivity index (χ0n) is 14.4. The predicted molar refractivity (Wildman–Crippen MR) is 102 cm³/mol. The first kappa shape index (κ1) is 22.9. The molecule has 3 N–H and O–H groups in total. The molecule has 24 heavy (non-hydrogen) atoms. The van der Waals surface area contributed by atoms with Crippen molar-refractivity contribution in [3.63, 3.8) is 0 Å². The number of nitrogens with zero attached hydrogens (tertiary/aromatic N) is 3. The summed E-state index contributed by atoms with van der Waals surface area (Å²) >= 11 is 0. The van der Waals surface area contributed by atoms with E-state index in [1.54, 1.807) is 18.6 Å². The van der Waals surface area contributed by atoms with Gasteiger partial charge >= 0.3 is 0 Å². The standard InChI is InChI=1S/C16H27N5O.2ClH/c1-3-16(17,4-2)12-20-15(22)13-5-9-21(10-6-13)14-11-18-7-8-19-14;;/h7-8,11,13H,3-6,9-10,12,17H2,1-2H3,(H,20,22);2*1H. The monoisotopic (exact) mass is 377 g/mol. The molecule has 6 nitrogen and oxygen atoms in total. The quantitative estimate of drug-likeness (QED) is 0.793. The Morgan fingerprint density at radius 2 is 1.92 bits per heavy atom. The van der Waals surface area contributed by atoms with Crippen LogP contribution in [0.1, 0.15) is 39.5 Å². The van der Waals surface area contributed by atoms with E-state index >= 15 is 0 Å². The molecule has 1 saturated heterocycles. The minimum Gasteiger partial charge on any atom is -0.355 e. The van der Waals surface area contributed by atoms with Crippen LogP contribution in [0.3, 0.4) is 0 Å². The number of amides is 1. The molecule has 0 aromatic carbocycles. The summed E-state index contributed by atoms with van der Waals surface area (Å²) in [4.78, 5) is 22.9. The van der Waals surface area contributed by atoms with Crippen LogP contribution in [0.5, 0.6) is 0 Å². The summed E-state index contributed by atoms with van der Waals surface area (Å²) in [5.74, 6) is 1.10. The molecule has 0 atom stereocenters. The second-order valence-corrected chi connectivity index (χ2v) is 6.11. The molecule has 1 fully saturated rings. The lowest BCUT2D eigenvalue weighted by atomic mass is 9.92. The molecule has 0 aliphatic carbocycles. The third-order valence-corrected chi connectivity index (χ3v) is 4.76. The zero-order chi connectivity index (χ0) is 16.0. The van der Waals surface area contributed by atoms with Crippen molar-refractivity contribution in [2.45, 2.75) is 45.1 Å². The molecule has 138 valence electrons. The maximum atomic E-state index is 12.3. The van der Waals surface area contributed by atoms with Crippen LogP contribution in [-0.2, 0) is 4.79 Å². The van der Waals surface area contributed by atoms with Crippen molar-refractivity contribution in [2.24, 2.45) is 11.7 Å². The first-order valence-electron chi connectivity index (χ1n) is 8.15. The Balaban J connectivity index is 0.00000264. The molecule has 1 aliphatic rings. The number of carbonyl (C=O) groups excluding carboxylic acids is 1. The second-order valence-electron chi connectivity index (χ2n) is 6.11. The van der Waals surface area contributed by atoms with E-state index in [9.17, 15) is 4.79 Å². The molecular formula is C16H29Cl2N5O. The highest BCUT2D eigenvalue weighted by atomic mass is 35.5. The van der Waals surface area contributed by atoms with E-state index < -0.39 is 0 Å².